The zero-order valence-corrected chi connectivity index (χ0v) is 12.3. The van der Waals surface area contributed by atoms with Crippen LogP contribution in [0.5, 0.6) is 0 Å². The van der Waals surface area contributed by atoms with Crippen molar-refractivity contribution in [3.05, 3.63) is 34.6 Å². The number of rotatable bonds is 4. The third-order valence-electron chi connectivity index (χ3n) is 4.02. The van der Waals surface area contributed by atoms with Gasteiger partial charge in [-0.15, -0.1) is 0 Å². The normalized spacial score (nSPS) is 25.3. The first kappa shape index (κ1) is 14.8. The van der Waals surface area contributed by atoms with Gasteiger partial charge in [0.2, 0.25) is 0 Å². The van der Waals surface area contributed by atoms with Crippen molar-refractivity contribution in [3.8, 4) is 0 Å². The summed E-state index contributed by atoms with van der Waals surface area (Å²) in [6.07, 6.45) is 3.85. The third-order valence-corrected chi connectivity index (χ3v) is 4.25. The lowest BCUT2D eigenvalue weighted by Gasteiger charge is -2.40. The average molecular weight is 286 g/mol. The summed E-state index contributed by atoms with van der Waals surface area (Å²) in [7, 11) is 1.90. The molecule has 0 saturated carbocycles. The lowest BCUT2D eigenvalue weighted by molar-refractivity contribution is -0.0871. The average Bonchev–Trinajstić information content (AvgIpc) is 2.40. The van der Waals surface area contributed by atoms with E-state index in [1.165, 1.54) is 6.07 Å². The lowest BCUT2D eigenvalue weighted by Crippen LogP contribution is -2.52. The summed E-state index contributed by atoms with van der Waals surface area (Å²) in [4.78, 5) is 0. The van der Waals surface area contributed by atoms with Gasteiger partial charge in [0, 0.05) is 17.7 Å². The summed E-state index contributed by atoms with van der Waals surface area (Å²) in [6.45, 7) is 2.89. The first-order chi connectivity index (χ1) is 9.05. The molecule has 1 aliphatic rings. The fourth-order valence-corrected chi connectivity index (χ4v) is 2.97. The van der Waals surface area contributed by atoms with E-state index in [-0.39, 0.29) is 17.5 Å². The van der Waals surface area contributed by atoms with E-state index >= 15 is 0 Å². The molecule has 1 aromatic carbocycles. The summed E-state index contributed by atoms with van der Waals surface area (Å²) in [5.41, 5.74) is 0.407. The van der Waals surface area contributed by atoms with Crippen molar-refractivity contribution in [3.63, 3.8) is 0 Å². The van der Waals surface area contributed by atoms with E-state index in [0.29, 0.717) is 17.0 Å². The Hall–Kier alpha value is -0.640. The Kier molecular flexibility index (Phi) is 4.82. The number of hydrogen-bond acceptors (Lipinski definition) is 2. The molecule has 2 rings (SSSR count). The molecule has 0 radical (unpaired) electrons. The van der Waals surface area contributed by atoms with Gasteiger partial charge in [-0.1, -0.05) is 11.6 Å². The van der Waals surface area contributed by atoms with E-state index in [4.69, 9.17) is 16.3 Å². The highest BCUT2D eigenvalue weighted by atomic mass is 35.5. The smallest absolute Gasteiger partial charge is 0.126 e. The summed E-state index contributed by atoms with van der Waals surface area (Å²) < 4.78 is 19.8. The summed E-state index contributed by atoms with van der Waals surface area (Å²) in [5.74, 6) is -0.205. The maximum atomic E-state index is 13.8. The molecule has 4 heteroatoms. The quantitative estimate of drug-likeness (QED) is 0.913. The first-order valence-electron chi connectivity index (χ1n) is 6.80. The summed E-state index contributed by atoms with van der Waals surface area (Å²) >= 11 is 5.95. The van der Waals surface area contributed by atoms with Crippen LogP contribution in [0.3, 0.4) is 0 Å². The second kappa shape index (κ2) is 6.21. The predicted molar refractivity (Wildman–Crippen MR) is 76.2 cm³/mol. The minimum atomic E-state index is -0.234. The van der Waals surface area contributed by atoms with Crippen LogP contribution in [0.4, 0.5) is 4.39 Å². The molecular weight excluding hydrogens is 265 g/mol. The van der Waals surface area contributed by atoms with Gasteiger partial charge in [0.05, 0.1) is 5.60 Å². The second-order valence-corrected chi connectivity index (χ2v) is 5.84. The Morgan fingerprint density at radius 2 is 2.26 bits per heavy atom. The Labute approximate surface area is 119 Å². The molecule has 2 atom stereocenters. The monoisotopic (exact) mass is 285 g/mol. The summed E-state index contributed by atoms with van der Waals surface area (Å²) in [6, 6.07) is 4.79. The number of halogens is 2. The van der Waals surface area contributed by atoms with Crippen LogP contribution in [0.1, 0.15) is 31.7 Å². The van der Waals surface area contributed by atoms with Crippen LogP contribution >= 0.6 is 11.6 Å². The van der Waals surface area contributed by atoms with Crippen LogP contribution in [-0.2, 0) is 11.2 Å². The number of hydrogen-bond donors (Lipinski definition) is 1. The molecule has 2 unspecified atom stereocenters. The minimum Gasteiger partial charge on any atom is -0.374 e. The molecule has 19 heavy (non-hydrogen) atoms. The Bertz CT molecular complexity index is 432. The molecule has 0 aliphatic carbocycles. The van der Waals surface area contributed by atoms with Crippen molar-refractivity contribution in [1.29, 1.82) is 0 Å². The summed E-state index contributed by atoms with van der Waals surface area (Å²) in [5, 5.41) is 3.84. The van der Waals surface area contributed by atoms with Crippen LogP contribution in [0, 0.1) is 5.82 Å². The van der Waals surface area contributed by atoms with Crippen molar-refractivity contribution in [2.45, 2.75) is 44.2 Å². The second-order valence-electron chi connectivity index (χ2n) is 5.40. The van der Waals surface area contributed by atoms with E-state index in [1.807, 2.05) is 7.05 Å². The molecule has 2 nitrogen and oxygen atoms in total. The first-order valence-corrected chi connectivity index (χ1v) is 7.18. The van der Waals surface area contributed by atoms with E-state index in [9.17, 15) is 4.39 Å². The number of ether oxygens (including phenoxy) is 1. The molecule has 0 amide bonds. The van der Waals surface area contributed by atoms with Gasteiger partial charge in [0.25, 0.3) is 0 Å². The van der Waals surface area contributed by atoms with Gasteiger partial charge >= 0.3 is 0 Å². The van der Waals surface area contributed by atoms with Crippen molar-refractivity contribution in [2.75, 3.05) is 13.7 Å². The van der Waals surface area contributed by atoms with Crippen molar-refractivity contribution >= 4 is 11.6 Å². The van der Waals surface area contributed by atoms with Crippen LogP contribution < -0.4 is 5.32 Å². The molecule has 1 aromatic rings. The van der Waals surface area contributed by atoms with Gasteiger partial charge in [-0.2, -0.15) is 0 Å². The topological polar surface area (TPSA) is 21.3 Å². The van der Waals surface area contributed by atoms with Gasteiger partial charge in [-0.05, 0) is 63.4 Å². The van der Waals surface area contributed by atoms with Crippen LogP contribution in [0.25, 0.3) is 0 Å². The standard InChI is InChI=1S/C15H21ClFNO/c1-15(7-3-4-8-19-15)14(18-2)10-11-9-12(16)5-6-13(11)17/h5-6,9,14,18H,3-4,7-8,10H2,1-2H3. The minimum absolute atomic E-state index is 0.0840. The van der Waals surface area contributed by atoms with E-state index in [1.54, 1.807) is 12.1 Å². The van der Waals surface area contributed by atoms with Crippen LogP contribution in [0.15, 0.2) is 18.2 Å². The van der Waals surface area contributed by atoms with E-state index < -0.39 is 0 Å². The zero-order chi connectivity index (χ0) is 13.9. The number of benzene rings is 1. The highest BCUT2D eigenvalue weighted by molar-refractivity contribution is 6.30. The number of nitrogens with one attached hydrogen (secondary N) is 1. The Morgan fingerprint density at radius 1 is 1.47 bits per heavy atom. The maximum absolute atomic E-state index is 13.8. The fourth-order valence-electron chi connectivity index (χ4n) is 2.77. The molecule has 1 saturated heterocycles. The molecule has 106 valence electrons. The maximum Gasteiger partial charge on any atom is 0.126 e. The predicted octanol–water partition coefficient (Wildman–Crippen LogP) is 3.57. The molecule has 0 spiro atoms. The van der Waals surface area contributed by atoms with E-state index in [0.717, 1.165) is 25.9 Å². The van der Waals surface area contributed by atoms with Crippen molar-refractivity contribution in [2.24, 2.45) is 0 Å². The SMILES string of the molecule is CNC(Cc1cc(Cl)ccc1F)C1(C)CCCCO1. The molecule has 1 aliphatic heterocycles. The third kappa shape index (κ3) is 3.47. The zero-order valence-electron chi connectivity index (χ0n) is 11.5. The number of likely N-dealkylation sites (N-methyl/N-ethyl adjacent to an activating group) is 1. The van der Waals surface area contributed by atoms with Crippen LogP contribution in [-0.4, -0.2) is 25.3 Å². The Balaban J connectivity index is 2.16. The molecular formula is C15H21ClFNO. The van der Waals surface area contributed by atoms with Gasteiger partial charge < -0.3 is 10.1 Å². The van der Waals surface area contributed by atoms with Crippen molar-refractivity contribution < 1.29 is 9.13 Å². The fraction of sp³-hybridized carbons (Fsp3) is 0.600. The van der Waals surface area contributed by atoms with Gasteiger partial charge in [0.1, 0.15) is 5.82 Å². The molecule has 1 fully saturated rings. The lowest BCUT2D eigenvalue weighted by atomic mass is 9.84. The largest absolute Gasteiger partial charge is 0.374 e. The van der Waals surface area contributed by atoms with Gasteiger partial charge in [-0.25, -0.2) is 4.39 Å². The molecule has 1 heterocycles. The van der Waals surface area contributed by atoms with Crippen LogP contribution in [0.2, 0.25) is 5.02 Å². The highest BCUT2D eigenvalue weighted by Crippen LogP contribution is 2.30. The highest BCUT2D eigenvalue weighted by Gasteiger charge is 2.36. The van der Waals surface area contributed by atoms with Crippen molar-refractivity contribution in [1.82, 2.24) is 5.32 Å². The Morgan fingerprint density at radius 3 is 2.89 bits per heavy atom. The molecule has 0 bridgehead atoms. The molecule has 1 N–H and O–H groups in total. The van der Waals surface area contributed by atoms with Gasteiger partial charge in [0.15, 0.2) is 0 Å². The molecule has 0 aromatic heterocycles. The van der Waals surface area contributed by atoms with E-state index in [2.05, 4.69) is 12.2 Å². The van der Waals surface area contributed by atoms with Gasteiger partial charge in [-0.3, -0.25) is 0 Å².